The van der Waals surface area contributed by atoms with Gasteiger partial charge in [-0.25, -0.2) is 9.97 Å². The summed E-state index contributed by atoms with van der Waals surface area (Å²) in [6.07, 6.45) is -6.03. The summed E-state index contributed by atoms with van der Waals surface area (Å²) < 4.78 is 101. The molecule has 0 bridgehead atoms. The van der Waals surface area contributed by atoms with Crippen LogP contribution >= 0.6 is 34.3 Å². The molecule has 0 spiro atoms. The van der Waals surface area contributed by atoms with Crippen LogP contribution in [0.15, 0.2) is 114 Å². The number of aryl methyl sites for hydroxylation is 4. The standard InChI is InChI=1S/C62H53ClF6N6O5S2/c1-35-24-38(4)55(78-31-45-12-10-43(27-37(45)3)52-15-8-39(29-70)30-71-52)49(25-35)54-34-82-60(73-54)75-22-18-41(19-23-75)58(77)80-57(76)40-16-20-74(21-17-40)59-72-53(33-81-59)48-6-5-7-50(62(67,68)69)56(48)79-32-44-11-9-42(26-36(44)2)47-14-13-46(28-51(47)63)61(64,65)66/h5-15,24-28,30,33-34,40-41H,16-23,31-32H2,1-4H3. The van der Waals surface area contributed by atoms with Gasteiger partial charge in [0.25, 0.3) is 0 Å². The van der Waals surface area contributed by atoms with Gasteiger partial charge in [-0.05, 0) is 141 Å². The summed E-state index contributed by atoms with van der Waals surface area (Å²) in [5.74, 6) is -1.76. The quantitative estimate of drug-likeness (QED) is 0.0586. The fourth-order valence-electron chi connectivity index (χ4n) is 10.3. The lowest BCUT2D eigenvalue weighted by Crippen LogP contribution is -2.40. The monoisotopic (exact) mass is 1170 g/mol. The number of thiazole rings is 2. The van der Waals surface area contributed by atoms with Crippen molar-refractivity contribution < 1.29 is 50.1 Å². The van der Waals surface area contributed by atoms with E-state index in [0.717, 1.165) is 73.8 Å². The van der Waals surface area contributed by atoms with Gasteiger partial charge >= 0.3 is 24.3 Å². The molecular weight excluding hydrogens is 1120 g/mol. The smallest absolute Gasteiger partial charge is 0.419 e. The zero-order valence-corrected chi connectivity index (χ0v) is 47.3. The molecule has 0 unspecified atom stereocenters. The van der Waals surface area contributed by atoms with Gasteiger partial charge in [0.05, 0.1) is 45.6 Å². The van der Waals surface area contributed by atoms with E-state index in [1.807, 2.05) is 49.3 Å². The molecule has 2 aliphatic heterocycles. The highest BCUT2D eigenvalue weighted by atomic mass is 35.5. The first-order valence-corrected chi connectivity index (χ1v) is 28.5. The number of carbonyl (C=O) groups excluding carboxylic acids is 2. The molecule has 0 aliphatic carbocycles. The van der Waals surface area contributed by atoms with Crippen molar-refractivity contribution in [1.82, 2.24) is 15.0 Å². The Morgan fingerprint density at radius 1 is 0.634 bits per heavy atom. The topological polar surface area (TPSA) is 131 Å². The predicted molar refractivity (Wildman–Crippen MR) is 305 cm³/mol. The zero-order valence-electron chi connectivity index (χ0n) is 44.9. The number of hydrogen-bond acceptors (Lipinski definition) is 13. The fraction of sp³-hybridized carbons (Fsp3) is 0.290. The van der Waals surface area contributed by atoms with Crippen molar-refractivity contribution in [2.75, 3.05) is 36.0 Å². The van der Waals surface area contributed by atoms with Gasteiger partial charge in [-0.3, -0.25) is 14.6 Å². The van der Waals surface area contributed by atoms with Crippen LogP contribution in [-0.4, -0.2) is 53.1 Å². The predicted octanol–water partition coefficient (Wildman–Crippen LogP) is 15.8. The summed E-state index contributed by atoms with van der Waals surface area (Å²) in [4.78, 5) is 45.2. The van der Waals surface area contributed by atoms with Gasteiger partial charge in [0.1, 0.15) is 30.8 Å². The number of piperidine rings is 2. The van der Waals surface area contributed by atoms with E-state index in [-0.39, 0.29) is 22.9 Å². The van der Waals surface area contributed by atoms with E-state index in [9.17, 15) is 35.9 Å². The average Bonchev–Trinajstić information content (AvgIpc) is 4.35. The number of anilines is 2. The molecule has 2 fully saturated rings. The lowest BCUT2D eigenvalue weighted by atomic mass is 9.96. The Hall–Kier alpha value is -7.79. The van der Waals surface area contributed by atoms with Crippen molar-refractivity contribution in [2.45, 2.75) is 78.9 Å². The van der Waals surface area contributed by atoms with E-state index < -0.39 is 53.0 Å². The van der Waals surface area contributed by atoms with Crippen LogP contribution in [0.25, 0.3) is 44.9 Å². The second-order valence-corrected chi connectivity index (χ2v) is 22.6. The van der Waals surface area contributed by atoms with Gasteiger partial charge in [-0.15, -0.1) is 22.7 Å². The average molecular weight is 1180 g/mol. The van der Waals surface area contributed by atoms with Gasteiger partial charge in [0.15, 0.2) is 10.3 Å². The molecule has 0 amide bonds. The Balaban J connectivity index is 0.717. The van der Waals surface area contributed by atoms with Crippen LogP contribution in [0, 0.1) is 50.9 Å². The second-order valence-electron chi connectivity index (χ2n) is 20.5. The number of nitriles is 1. The number of aromatic nitrogens is 3. The molecule has 5 heterocycles. The number of rotatable bonds is 14. The third-order valence-electron chi connectivity index (χ3n) is 14.9. The molecule has 82 heavy (non-hydrogen) atoms. The number of nitrogens with zero attached hydrogens (tertiary/aromatic N) is 6. The highest BCUT2D eigenvalue weighted by molar-refractivity contribution is 7.14. The number of ether oxygens (including phenoxy) is 3. The molecule has 20 heteroatoms. The largest absolute Gasteiger partial charge is 0.488 e. The van der Waals surface area contributed by atoms with E-state index >= 15 is 0 Å². The van der Waals surface area contributed by atoms with Crippen LogP contribution in [0.1, 0.15) is 75.8 Å². The van der Waals surface area contributed by atoms with Crippen molar-refractivity contribution in [2.24, 2.45) is 11.8 Å². The highest BCUT2D eigenvalue weighted by Crippen LogP contribution is 2.45. The zero-order chi connectivity index (χ0) is 58.0. The Bertz CT molecular complexity index is 3730. The summed E-state index contributed by atoms with van der Waals surface area (Å²) in [6.45, 7) is 9.81. The minimum absolute atomic E-state index is 0.0981. The van der Waals surface area contributed by atoms with Gasteiger partial charge in [0, 0.05) is 70.4 Å². The first-order valence-electron chi connectivity index (χ1n) is 26.4. The number of pyridine rings is 1. The number of esters is 2. The van der Waals surface area contributed by atoms with E-state index in [0.29, 0.717) is 91.4 Å². The summed E-state index contributed by atoms with van der Waals surface area (Å²) in [5.41, 5.74) is 8.62. The lowest BCUT2D eigenvalue weighted by Gasteiger charge is -2.32. The second kappa shape index (κ2) is 24.0. The molecule has 0 atom stereocenters. The number of halogens is 7. The third kappa shape index (κ3) is 12.8. The van der Waals surface area contributed by atoms with Crippen molar-refractivity contribution in [3.63, 3.8) is 0 Å². The maximum Gasteiger partial charge on any atom is 0.419 e. The summed E-state index contributed by atoms with van der Waals surface area (Å²) in [5, 5.41) is 14.1. The summed E-state index contributed by atoms with van der Waals surface area (Å²) in [7, 11) is 0. The number of benzene rings is 5. The Kier molecular flexibility index (Phi) is 16.8. The van der Waals surface area contributed by atoms with Crippen LogP contribution in [0.4, 0.5) is 36.6 Å². The van der Waals surface area contributed by atoms with Crippen LogP contribution in [0.3, 0.4) is 0 Å². The molecule has 0 saturated carbocycles. The lowest BCUT2D eigenvalue weighted by molar-refractivity contribution is -0.166. The molecule has 422 valence electrons. The van der Waals surface area contributed by atoms with Gasteiger partial charge in [-0.1, -0.05) is 60.1 Å². The van der Waals surface area contributed by atoms with Crippen LogP contribution < -0.4 is 19.3 Å². The van der Waals surface area contributed by atoms with Crippen molar-refractivity contribution >= 4 is 56.5 Å². The number of alkyl halides is 6. The number of para-hydroxylation sites is 1. The maximum absolute atomic E-state index is 14.5. The van der Waals surface area contributed by atoms with Gasteiger partial charge in [0.2, 0.25) is 0 Å². The van der Waals surface area contributed by atoms with Crippen molar-refractivity contribution in [1.29, 1.82) is 5.26 Å². The summed E-state index contributed by atoms with van der Waals surface area (Å²) in [6, 6.07) is 27.7. The summed E-state index contributed by atoms with van der Waals surface area (Å²) >= 11 is 9.01. The van der Waals surface area contributed by atoms with E-state index in [1.165, 1.54) is 40.9 Å². The van der Waals surface area contributed by atoms with Crippen molar-refractivity contribution in [3.05, 3.63) is 169 Å². The van der Waals surface area contributed by atoms with Gasteiger partial charge < -0.3 is 24.0 Å². The molecular formula is C62H53ClF6N6O5S2. The molecule has 2 aliphatic rings. The van der Waals surface area contributed by atoms with Crippen LogP contribution in [0.2, 0.25) is 5.02 Å². The van der Waals surface area contributed by atoms with Crippen LogP contribution in [-0.2, 0) is 39.9 Å². The first kappa shape index (κ1) is 57.4. The van der Waals surface area contributed by atoms with E-state index in [2.05, 4.69) is 34.2 Å². The number of carbonyl (C=O) groups is 2. The molecule has 2 saturated heterocycles. The van der Waals surface area contributed by atoms with Crippen LogP contribution in [0.5, 0.6) is 11.5 Å². The van der Waals surface area contributed by atoms with E-state index in [4.69, 9.17) is 41.0 Å². The molecule has 0 N–H and O–H groups in total. The third-order valence-corrected chi connectivity index (χ3v) is 17.0. The SMILES string of the molecule is Cc1cc(C)c(OCc2ccc(-c3ccc(C#N)cn3)cc2C)c(-c2csc(N3CCC(C(=O)OC(=O)C4CCN(c5nc(-c6cccc(C(F)(F)F)c6OCc6ccc(-c7ccc(C(F)(F)F)cc7Cl)cc6C)cs5)CC4)CC3)n2)c1. The Labute approximate surface area is 482 Å². The molecule has 10 rings (SSSR count). The fourth-order valence-corrected chi connectivity index (χ4v) is 12.3. The normalized spacial score (nSPS) is 14.4. The van der Waals surface area contributed by atoms with E-state index in [1.54, 1.807) is 42.8 Å². The molecule has 8 aromatic rings. The van der Waals surface area contributed by atoms with Gasteiger partial charge in [-0.2, -0.15) is 31.6 Å². The molecule has 0 radical (unpaired) electrons. The minimum Gasteiger partial charge on any atom is -0.488 e. The minimum atomic E-state index is -4.76. The molecule has 11 nitrogen and oxygen atoms in total. The number of hydrogen-bond donors (Lipinski definition) is 0. The first-order chi connectivity index (χ1) is 39.2. The molecule has 5 aromatic carbocycles. The maximum atomic E-state index is 14.5. The molecule has 3 aromatic heterocycles. The Morgan fingerprint density at radius 2 is 1.21 bits per heavy atom. The Morgan fingerprint density at radius 3 is 1.74 bits per heavy atom. The van der Waals surface area contributed by atoms with Crippen molar-refractivity contribution in [3.8, 4) is 62.5 Å². The highest BCUT2D eigenvalue weighted by Gasteiger charge is 2.37.